The number of aryl methyl sites for hydroxylation is 2. The van der Waals surface area contributed by atoms with E-state index >= 15 is 0 Å². The van der Waals surface area contributed by atoms with Crippen LogP contribution in [0.5, 0.6) is 0 Å². The Morgan fingerprint density at radius 1 is 1.25 bits per heavy atom. The largest absolute Gasteiger partial charge is 0.284 e. The molecule has 0 atom stereocenters. The maximum absolute atomic E-state index is 12.0. The van der Waals surface area contributed by atoms with Crippen molar-refractivity contribution < 1.29 is 0 Å². The van der Waals surface area contributed by atoms with Crippen LogP contribution >= 0.6 is 0 Å². The van der Waals surface area contributed by atoms with Crippen molar-refractivity contribution in [2.45, 2.75) is 33.2 Å². The monoisotopic (exact) mass is 267 g/mol. The molecule has 0 aliphatic carbocycles. The molecule has 0 amide bonds. The summed E-state index contributed by atoms with van der Waals surface area (Å²) < 4.78 is 1.38. The molecular weight excluding hydrogens is 250 g/mol. The second kappa shape index (κ2) is 6.16. The first-order valence-corrected chi connectivity index (χ1v) is 6.81. The molecule has 4 nitrogen and oxygen atoms in total. The van der Waals surface area contributed by atoms with Gasteiger partial charge in [0.15, 0.2) is 0 Å². The lowest BCUT2D eigenvalue weighted by atomic mass is 10.1. The standard InChI is InChI=1S/C16H17N3O/c1-3-9-19-16(20)14(11-17)10-15(18-19)13-7-5-12(4-2)6-8-13/h5-8,10H,3-4,9H2,1-2H3. The zero-order valence-electron chi connectivity index (χ0n) is 11.8. The normalized spacial score (nSPS) is 10.2. The number of benzene rings is 1. The number of hydrogen-bond acceptors (Lipinski definition) is 3. The molecule has 4 heteroatoms. The topological polar surface area (TPSA) is 58.7 Å². The summed E-state index contributed by atoms with van der Waals surface area (Å²) >= 11 is 0. The van der Waals surface area contributed by atoms with Crippen molar-refractivity contribution in [3.8, 4) is 17.3 Å². The Morgan fingerprint density at radius 3 is 2.50 bits per heavy atom. The average Bonchev–Trinajstić information content (AvgIpc) is 2.49. The fourth-order valence-corrected chi connectivity index (χ4v) is 2.04. The van der Waals surface area contributed by atoms with E-state index in [9.17, 15) is 4.79 Å². The van der Waals surface area contributed by atoms with Gasteiger partial charge in [-0.15, -0.1) is 0 Å². The molecule has 1 heterocycles. The van der Waals surface area contributed by atoms with Gasteiger partial charge in [0.05, 0.1) is 5.69 Å². The van der Waals surface area contributed by atoms with Gasteiger partial charge >= 0.3 is 0 Å². The van der Waals surface area contributed by atoms with Crippen LogP contribution in [0.1, 0.15) is 31.4 Å². The first-order chi connectivity index (χ1) is 9.69. The molecule has 1 aromatic carbocycles. The van der Waals surface area contributed by atoms with Crippen LogP contribution in [0.2, 0.25) is 0 Å². The SMILES string of the molecule is CCCn1nc(-c2ccc(CC)cc2)cc(C#N)c1=O. The molecule has 2 rings (SSSR count). The van der Waals surface area contributed by atoms with Crippen LogP contribution in [0.15, 0.2) is 35.1 Å². The zero-order chi connectivity index (χ0) is 14.5. The Balaban J connectivity index is 2.53. The first kappa shape index (κ1) is 14.0. The van der Waals surface area contributed by atoms with Gasteiger partial charge in [-0.05, 0) is 24.5 Å². The van der Waals surface area contributed by atoms with E-state index < -0.39 is 0 Å². The average molecular weight is 267 g/mol. The third-order valence-corrected chi connectivity index (χ3v) is 3.19. The van der Waals surface area contributed by atoms with Gasteiger partial charge in [0.1, 0.15) is 11.6 Å². The van der Waals surface area contributed by atoms with Crippen LogP contribution in [0.25, 0.3) is 11.3 Å². The van der Waals surface area contributed by atoms with Crippen molar-refractivity contribution in [3.05, 3.63) is 51.8 Å². The van der Waals surface area contributed by atoms with Gasteiger partial charge in [0.25, 0.3) is 5.56 Å². The molecule has 0 unspecified atom stereocenters. The van der Waals surface area contributed by atoms with E-state index in [1.807, 2.05) is 37.3 Å². The molecule has 0 saturated carbocycles. The Kier molecular flexibility index (Phi) is 4.31. The molecule has 20 heavy (non-hydrogen) atoms. The second-order valence-electron chi connectivity index (χ2n) is 4.63. The fraction of sp³-hybridized carbons (Fsp3) is 0.312. The molecule has 0 fully saturated rings. The summed E-state index contributed by atoms with van der Waals surface area (Å²) in [5.74, 6) is 0. The quantitative estimate of drug-likeness (QED) is 0.855. The third-order valence-electron chi connectivity index (χ3n) is 3.19. The highest BCUT2D eigenvalue weighted by atomic mass is 16.1. The van der Waals surface area contributed by atoms with Crippen LogP contribution in [0, 0.1) is 11.3 Å². The van der Waals surface area contributed by atoms with Crippen molar-refractivity contribution >= 4 is 0 Å². The van der Waals surface area contributed by atoms with Crippen molar-refractivity contribution in [1.29, 1.82) is 5.26 Å². The molecule has 1 aromatic heterocycles. The van der Waals surface area contributed by atoms with Gasteiger partial charge in [-0.25, -0.2) is 4.68 Å². The van der Waals surface area contributed by atoms with Gasteiger partial charge < -0.3 is 0 Å². The predicted octanol–water partition coefficient (Wildman–Crippen LogP) is 2.75. The lowest BCUT2D eigenvalue weighted by Crippen LogP contribution is -2.25. The van der Waals surface area contributed by atoms with Gasteiger partial charge in [-0.3, -0.25) is 4.79 Å². The Hall–Kier alpha value is -2.41. The maximum atomic E-state index is 12.0. The number of aromatic nitrogens is 2. The van der Waals surface area contributed by atoms with Crippen LogP contribution in [0.3, 0.4) is 0 Å². The number of rotatable bonds is 4. The molecule has 2 aromatic rings. The van der Waals surface area contributed by atoms with Crippen molar-refractivity contribution in [2.24, 2.45) is 0 Å². The lowest BCUT2D eigenvalue weighted by molar-refractivity contribution is 0.569. The minimum atomic E-state index is -0.316. The van der Waals surface area contributed by atoms with E-state index in [1.54, 1.807) is 6.07 Å². The van der Waals surface area contributed by atoms with Crippen molar-refractivity contribution in [2.75, 3.05) is 0 Å². The molecule has 0 spiro atoms. The molecule has 0 radical (unpaired) electrons. The minimum Gasteiger partial charge on any atom is -0.266 e. The van der Waals surface area contributed by atoms with Gasteiger partial charge in [0.2, 0.25) is 0 Å². The van der Waals surface area contributed by atoms with Crippen LogP contribution < -0.4 is 5.56 Å². The summed E-state index contributed by atoms with van der Waals surface area (Å²) in [7, 11) is 0. The zero-order valence-corrected chi connectivity index (χ0v) is 11.8. The number of hydrogen-bond donors (Lipinski definition) is 0. The van der Waals surface area contributed by atoms with Crippen LogP contribution in [-0.2, 0) is 13.0 Å². The summed E-state index contributed by atoms with van der Waals surface area (Å²) in [5.41, 5.74) is 2.66. The van der Waals surface area contributed by atoms with E-state index in [4.69, 9.17) is 5.26 Å². The Morgan fingerprint density at radius 2 is 1.95 bits per heavy atom. The molecular formula is C16H17N3O. The molecule has 0 saturated heterocycles. The maximum Gasteiger partial charge on any atom is 0.284 e. The minimum absolute atomic E-state index is 0.142. The smallest absolute Gasteiger partial charge is 0.266 e. The highest BCUT2D eigenvalue weighted by molar-refractivity contribution is 5.60. The Labute approximate surface area is 118 Å². The number of nitriles is 1. The summed E-state index contributed by atoms with van der Waals surface area (Å²) in [6, 6.07) is 11.5. The van der Waals surface area contributed by atoms with Gasteiger partial charge in [0, 0.05) is 12.1 Å². The van der Waals surface area contributed by atoms with E-state index in [-0.39, 0.29) is 11.1 Å². The van der Waals surface area contributed by atoms with Crippen molar-refractivity contribution in [3.63, 3.8) is 0 Å². The molecule has 0 bridgehead atoms. The highest BCUT2D eigenvalue weighted by Crippen LogP contribution is 2.17. The van der Waals surface area contributed by atoms with E-state index in [2.05, 4.69) is 12.0 Å². The third kappa shape index (κ3) is 2.77. The van der Waals surface area contributed by atoms with Crippen LogP contribution in [0.4, 0.5) is 0 Å². The summed E-state index contributed by atoms with van der Waals surface area (Å²) in [6.45, 7) is 4.60. The predicted molar refractivity (Wildman–Crippen MR) is 78.3 cm³/mol. The summed E-state index contributed by atoms with van der Waals surface area (Å²) in [5, 5.41) is 13.4. The summed E-state index contributed by atoms with van der Waals surface area (Å²) in [4.78, 5) is 12.0. The summed E-state index contributed by atoms with van der Waals surface area (Å²) in [6.07, 6.45) is 1.78. The van der Waals surface area contributed by atoms with Crippen LogP contribution in [-0.4, -0.2) is 9.78 Å². The fourth-order valence-electron chi connectivity index (χ4n) is 2.04. The molecule has 0 aliphatic heterocycles. The van der Waals surface area contributed by atoms with E-state index in [0.29, 0.717) is 12.2 Å². The second-order valence-corrected chi connectivity index (χ2v) is 4.63. The number of nitrogens with zero attached hydrogens (tertiary/aromatic N) is 3. The Bertz CT molecular complexity index is 693. The highest BCUT2D eigenvalue weighted by Gasteiger charge is 2.09. The van der Waals surface area contributed by atoms with E-state index in [0.717, 1.165) is 18.4 Å². The lowest BCUT2D eigenvalue weighted by Gasteiger charge is -2.07. The van der Waals surface area contributed by atoms with Gasteiger partial charge in [-0.1, -0.05) is 38.1 Å². The molecule has 102 valence electrons. The molecule has 0 aliphatic rings. The van der Waals surface area contributed by atoms with Crippen molar-refractivity contribution in [1.82, 2.24) is 9.78 Å². The molecule has 0 N–H and O–H groups in total. The van der Waals surface area contributed by atoms with Gasteiger partial charge in [-0.2, -0.15) is 10.4 Å². The first-order valence-electron chi connectivity index (χ1n) is 6.81. The van der Waals surface area contributed by atoms with E-state index in [1.165, 1.54) is 10.2 Å².